The maximum absolute atomic E-state index is 13.3. The number of hydrogen-bond acceptors (Lipinski definition) is 3. The van der Waals surface area contributed by atoms with Gasteiger partial charge in [-0.2, -0.15) is 0 Å². The number of hydrogen-bond donors (Lipinski definition) is 0. The first-order valence-corrected chi connectivity index (χ1v) is 9.96. The largest absolute Gasteiger partial charge is 0.376 e. The Morgan fingerprint density at radius 2 is 1.40 bits per heavy atom. The highest BCUT2D eigenvalue weighted by molar-refractivity contribution is 6.10. The number of benzene rings is 3. The quantitative estimate of drug-likeness (QED) is 0.382. The van der Waals surface area contributed by atoms with Crippen molar-refractivity contribution < 1.29 is 14.3 Å². The van der Waals surface area contributed by atoms with Crippen molar-refractivity contribution in [2.24, 2.45) is 5.92 Å². The summed E-state index contributed by atoms with van der Waals surface area (Å²) in [5, 5.41) is 0. The smallest absolute Gasteiger partial charge is 0.265 e. The van der Waals surface area contributed by atoms with Crippen LogP contribution in [0, 0.1) is 5.92 Å². The molecule has 0 aromatic heterocycles. The van der Waals surface area contributed by atoms with E-state index in [2.05, 4.69) is 0 Å². The molecule has 0 saturated carbocycles. The van der Waals surface area contributed by atoms with Crippen molar-refractivity contribution in [2.75, 3.05) is 11.5 Å². The van der Waals surface area contributed by atoms with Crippen LogP contribution in [0.2, 0.25) is 0 Å². The highest BCUT2D eigenvalue weighted by Crippen LogP contribution is 2.22. The molecule has 0 spiro atoms. The molecule has 30 heavy (non-hydrogen) atoms. The SMILES string of the molecule is C[C@@H](COCc1ccccc1)C(=C=O)C(=O)N(Cc1ccccc1)c1ccccc1. The molecular weight excluding hydrogens is 374 g/mol. The van der Waals surface area contributed by atoms with Gasteiger partial charge in [0.1, 0.15) is 11.5 Å². The Morgan fingerprint density at radius 3 is 1.97 bits per heavy atom. The number of nitrogens with zero attached hydrogens (tertiary/aromatic N) is 1. The van der Waals surface area contributed by atoms with E-state index < -0.39 is 0 Å². The summed E-state index contributed by atoms with van der Waals surface area (Å²) in [5.74, 6) is 1.16. The number of rotatable bonds is 9. The zero-order valence-electron chi connectivity index (χ0n) is 17.0. The van der Waals surface area contributed by atoms with Gasteiger partial charge >= 0.3 is 0 Å². The minimum atomic E-state index is -0.374. The Labute approximate surface area is 177 Å². The standard InChI is InChI=1S/C26H25NO3/c1-21(19-30-20-23-13-7-3-8-14-23)25(18-28)26(29)27(24-15-9-4-10-16-24)17-22-11-5-2-6-12-22/h2-16,21H,17,19-20H2,1H3/t21-/m0/s1. The minimum absolute atomic E-state index is 0.0860. The molecule has 0 unspecified atom stereocenters. The van der Waals surface area contributed by atoms with E-state index in [-0.39, 0.29) is 24.0 Å². The van der Waals surface area contributed by atoms with Gasteiger partial charge in [-0.25, -0.2) is 4.79 Å². The van der Waals surface area contributed by atoms with Crippen LogP contribution in [0.5, 0.6) is 0 Å². The lowest BCUT2D eigenvalue weighted by Gasteiger charge is -2.25. The third kappa shape index (κ3) is 5.77. The molecule has 0 saturated heterocycles. The molecule has 1 atom stereocenters. The lowest BCUT2D eigenvalue weighted by Crippen LogP contribution is -2.34. The molecule has 0 heterocycles. The molecule has 3 rings (SSSR count). The fraction of sp³-hybridized carbons (Fsp3) is 0.192. The lowest BCUT2D eigenvalue weighted by molar-refractivity contribution is -0.115. The second kappa shape index (κ2) is 10.9. The van der Waals surface area contributed by atoms with E-state index in [1.54, 1.807) is 4.90 Å². The van der Waals surface area contributed by atoms with Gasteiger partial charge in [-0.1, -0.05) is 85.8 Å². The Morgan fingerprint density at radius 1 is 0.867 bits per heavy atom. The predicted octanol–water partition coefficient (Wildman–Crippen LogP) is 4.83. The van der Waals surface area contributed by atoms with Crippen LogP contribution in [0.3, 0.4) is 0 Å². The van der Waals surface area contributed by atoms with E-state index in [1.165, 1.54) is 0 Å². The zero-order valence-corrected chi connectivity index (χ0v) is 17.0. The van der Waals surface area contributed by atoms with Gasteiger partial charge in [0.25, 0.3) is 5.91 Å². The normalized spacial score (nSPS) is 11.4. The maximum Gasteiger partial charge on any atom is 0.265 e. The summed E-state index contributed by atoms with van der Waals surface area (Å²) in [6.07, 6.45) is 0. The van der Waals surface area contributed by atoms with Gasteiger partial charge < -0.3 is 9.64 Å². The van der Waals surface area contributed by atoms with Crippen molar-refractivity contribution in [3.05, 3.63) is 108 Å². The average Bonchev–Trinajstić information content (AvgIpc) is 2.80. The van der Waals surface area contributed by atoms with Crippen molar-refractivity contribution >= 4 is 17.5 Å². The van der Waals surface area contributed by atoms with Crippen LogP contribution in [-0.4, -0.2) is 18.5 Å². The van der Waals surface area contributed by atoms with Gasteiger partial charge in [-0.15, -0.1) is 0 Å². The lowest BCUT2D eigenvalue weighted by atomic mass is 10.0. The third-order valence-electron chi connectivity index (χ3n) is 4.81. The van der Waals surface area contributed by atoms with Crippen LogP contribution in [-0.2, 0) is 27.5 Å². The molecule has 4 nitrogen and oxygen atoms in total. The predicted molar refractivity (Wildman–Crippen MR) is 119 cm³/mol. The van der Waals surface area contributed by atoms with Gasteiger partial charge in [0, 0.05) is 11.6 Å². The summed E-state index contributed by atoms with van der Waals surface area (Å²) in [6.45, 7) is 2.87. The molecule has 0 aliphatic carbocycles. The summed E-state index contributed by atoms with van der Waals surface area (Å²) in [6, 6.07) is 28.9. The van der Waals surface area contributed by atoms with Crippen molar-refractivity contribution in [1.82, 2.24) is 0 Å². The van der Waals surface area contributed by atoms with Gasteiger partial charge in [-0.3, -0.25) is 4.79 Å². The highest BCUT2D eigenvalue weighted by atomic mass is 16.5. The molecule has 1 amide bonds. The van der Waals surface area contributed by atoms with Crippen molar-refractivity contribution in [2.45, 2.75) is 20.1 Å². The monoisotopic (exact) mass is 399 g/mol. The van der Waals surface area contributed by atoms with Crippen molar-refractivity contribution in [1.29, 1.82) is 0 Å². The number of para-hydroxylation sites is 1. The molecule has 0 fully saturated rings. The van der Waals surface area contributed by atoms with Gasteiger partial charge in [0.2, 0.25) is 0 Å². The van der Waals surface area contributed by atoms with Crippen molar-refractivity contribution in [3.63, 3.8) is 0 Å². The first-order chi connectivity index (χ1) is 14.7. The fourth-order valence-corrected chi connectivity index (χ4v) is 3.17. The molecule has 3 aromatic rings. The van der Waals surface area contributed by atoms with E-state index in [1.807, 2.05) is 104 Å². The van der Waals surface area contributed by atoms with E-state index in [0.29, 0.717) is 13.2 Å². The number of carbonyl (C=O) groups excluding carboxylic acids is 2. The fourth-order valence-electron chi connectivity index (χ4n) is 3.17. The number of anilines is 1. The van der Waals surface area contributed by atoms with E-state index in [4.69, 9.17) is 4.74 Å². The molecule has 4 heteroatoms. The first-order valence-electron chi connectivity index (χ1n) is 9.96. The summed E-state index contributed by atoms with van der Waals surface area (Å²) < 4.78 is 5.75. The molecule has 0 aliphatic rings. The van der Waals surface area contributed by atoms with Crippen LogP contribution in [0.1, 0.15) is 18.1 Å². The van der Waals surface area contributed by atoms with Gasteiger partial charge in [0.15, 0.2) is 0 Å². The topological polar surface area (TPSA) is 46.6 Å². The zero-order chi connectivity index (χ0) is 21.2. The van der Waals surface area contributed by atoms with Crippen LogP contribution in [0.15, 0.2) is 96.6 Å². The second-order valence-electron chi connectivity index (χ2n) is 7.13. The Hall–Kier alpha value is -3.46. The molecule has 152 valence electrons. The van der Waals surface area contributed by atoms with Gasteiger partial charge in [0.05, 0.1) is 19.8 Å². The minimum Gasteiger partial charge on any atom is -0.376 e. The average molecular weight is 399 g/mol. The molecule has 0 N–H and O–H groups in total. The summed E-state index contributed by atoms with van der Waals surface area (Å²) in [7, 11) is 0. The van der Waals surface area contributed by atoms with E-state index >= 15 is 0 Å². The van der Waals surface area contributed by atoms with E-state index in [0.717, 1.165) is 16.8 Å². The van der Waals surface area contributed by atoms with Crippen LogP contribution < -0.4 is 4.90 Å². The molecule has 0 aliphatic heterocycles. The van der Waals surface area contributed by atoms with Crippen LogP contribution >= 0.6 is 0 Å². The second-order valence-corrected chi connectivity index (χ2v) is 7.13. The maximum atomic E-state index is 13.3. The third-order valence-corrected chi connectivity index (χ3v) is 4.81. The van der Waals surface area contributed by atoms with Gasteiger partial charge in [-0.05, 0) is 23.3 Å². The molecule has 0 radical (unpaired) electrons. The Bertz CT molecular complexity index is 981. The van der Waals surface area contributed by atoms with E-state index in [9.17, 15) is 9.59 Å². The number of carbonyl (C=O) groups is 1. The summed E-state index contributed by atoms with van der Waals surface area (Å²) in [4.78, 5) is 26.7. The summed E-state index contributed by atoms with van der Waals surface area (Å²) in [5.41, 5.74) is 2.84. The molecule has 0 bridgehead atoms. The highest BCUT2D eigenvalue weighted by Gasteiger charge is 2.25. The Kier molecular flexibility index (Phi) is 7.73. The molecular formula is C26H25NO3. The Balaban J connectivity index is 1.73. The summed E-state index contributed by atoms with van der Waals surface area (Å²) >= 11 is 0. The number of ether oxygens (including phenoxy) is 1. The van der Waals surface area contributed by atoms with Crippen molar-refractivity contribution in [3.8, 4) is 0 Å². The van der Waals surface area contributed by atoms with Crippen LogP contribution in [0.4, 0.5) is 5.69 Å². The first kappa shape index (κ1) is 21.3. The molecule has 3 aromatic carbocycles. The van der Waals surface area contributed by atoms with Crippen LogP contribution in [0.25, 0.3) is 0 Å². The number of amides is 1.